The maximum atomic E-state index is 12.8. The van der Waals surface area contributed by atoms with Crippen molar-refractivity contribution in [2.24, 2.45) is 11.1 Å². The second-order valence-corrected chi connectivity index (χ2v) is 8.72. The highest BCUT2D eigenvalue weighted by atomic mass is 32.2. The Bertz CT molecular complexity index is 1070. The first-order chi connectivity index (χ1) is 14.2. The number of ether oxygens (including phenoxy) is 1. The number of nitrogens with one attached hydrogen (secondary N) is 1. The molecule has 3 rings (SSSR count). The van der Waals surface area contributed by atoms with Gasteiger partial charge in [-0.05, 0) is 50.1 Å². The Morgan fingerprint density at radius 3 is 2.70 bits per heavy atom. The summed E-state index contributed by atoms with van der Waals surface area (Å²) < 4.78 is 28.2. The lowest BCUT2D eigenvalue weighted by atomic mass is 9.96. The third kappa shape index (κ3) is 4.95. The maximum absolute atomic E-state index is 12.8. The Hall–Kier alpha value is -2.98. The second-order valence-electron chi connectivity index (χ2n) is 7.15. The highest BCUT2D eigenvalue weighted by Crippen LogP contribution is 2.29. The molecule has 1 unspecified atom stereocenters. The van der Waals surface area contributed by atoms with Crippen molar-refractivity contribution in [2.75, 3.05) is 30.4 Å². The number of pyridine rings is 1. The van der Waals surface area contributed by atoms with Gasteiger partial charge in [0.2, 0.25) is 15.9 Å². The number of hydrogen-bond acceptors (Lipinski definition) is 7. The van der Waals surface area contributed by atoms with Gasteiger partial charge < -0.3 is 15.0 Å². The number of benzene rings is 1. The van der Waals surface area contributed by atoms with Crippen LogP contribution in [0.1, 0.15) is 28.9 Å². The number of anilines is 2. The number of piperidine rings is 1. The predicted octanol–water partition coefficient (Wildman–Crippen LogP) is 1.68. The minimum absolute atomic E-state index is 0.0884. The third-order valence-electron chi connectivity index (χ3n) is 4.97. The van der Waals surface area contributed by atoms with Gasteiger partial charge in [0.1, 0.15) is 5.82 Å². The van der Waals surface area contributed by atoms with Gasteiger partial charge in [0.15, 0.2) is 0 Å². The zero-order chi connectivity index (χ0) is 21.9. The van der Waals surface area contributed by atoms with E-state index in [9.17, 15) is 18.0 Å². The minimum Gasteiger partial charge on any atom is -0.465 e. The normalized spacial score (nSPS) is 16.8. The summed E-state index contributed by atoms with van der Waals surface area (Å²) in [5, 5.41) is 8.03. The van der Waals surface area contributed by atoms with E-state index < -0.39 is 16.0 Å². The van der Waals surface area contributed by atoms with Crippen molar-refractivity contribution in [3.8, 4) is 0 Å². The Labute approximate surface area is 175 Å². The number of amides is 1. The molecule has 0 saturated carbocycles. The second kappa shape index (κ2) is 8.80. The molecule has 0 spiro atoms. The highest BCUT2D eigenvalue weighted by Gasteiger charge is 2.29. The monoisotopic (exact) mass is 432 g/mol. The summed E-state index contributed by atoms with van der Waals surface area (Å²) >= 11 is 0. The van der Waals surface area contributed by atoms with Crippen LogP contribution in [0.2, 0.25) is 0 Å². The topological polar surface area (TPSA) is 132 Å². The molecular weight excluding hydrogens is 408 g/mol. The molecule has 10 heteroatoms. The van der Waals surface area contributed by atoms with Crippen molar-refractivity contribution in [2.45, 2.75) is 24.7 Å². The van der Waals surface area contributed by atoms with Crippen LogP contribution in [0.25, 0.3) is 0 Å². The summed E-state index contributed by atoms with van der Waals surface area (Å²) in [6.45, 7) is 2.83. The SMILES string of the molecule is COC(=O)c1cc(S(N)(=O)=O)ccc1N1CCCC(C(=O)Nc2cccc(C)n2)C1. The molecule has 3 N–H and O–H groups in total. The lowest BCUT2D eigenvalue weighted by Gasteiger charge is -2.34. The van der Waals surface area contributed by atoms with Crippen LogP contribution in [0.3, 0.4) is 0 Å². The molecule has 2 aromatic rings. The lowest BCUT2D eigenvalue weighted by Crippen LogP contribution is -2.41. The summed E-state index contributed by atoms with van der Waals surface area (Å²) in [5.41, 5.74) is 1.39. The molecule has 160 valence electrons. The molecule has 0 bridgehead atoms. The maximum Gasteiger partial charge on any atom is 0.340 e. The third-order valence-corrected chi connectivity index (χ3v) is 5.89. The number of hydrogen-bond donors (Lipinski definition) is 2. The number of aryl methyl sites for hydroxylation is 1. The number of nitrogens with two attached hydrogens (primary N) is 1. The van der Waals surface area contributed by atoms with Crippen LogP contribution >= 0.6 is 0 Å². The standard InChI is InChI=1S/C20H24N4O5S/c1-13-5-3-7-18(22-13)23-19(25)14-6-4-10-24(12-14)17-9-8-15(30(21,27)28)11-16(17)20(26)29-2/h3,5,7-9,11,14H,4,6,10,12H2,1-2H3,(H2,21,27,28)(H,22,23,25). The van der Waals surface area contributed by atoms with Gasteiger partial charge >= 0.3 is 5.97 Å². The van der Waals surface area contributed by atoms with Gasteiger partial charge in [0, 0.05) is 18.8 Å². The van der Waals surface area contributed by atoms with E-state index in [1.54, 1.807) is 6.07 Å². The van der Waals surface area contributed by atoms with Crippen LogP contribution in [0, 0.1) is 12.8 Å². The largest absolute Gasteiger partial charge is 0.465 e. The first-order valence-corrected chi connectivity index (χ1v) is 11.0. The predicted molar refractivity (Wildman–Crippen MR) is 112 cm³/mol. The van der Waals surface area contributed by atoms with Crippen molar-refractivity contribution >= 4 is 33.4 Å². The van der Waals surface area contributed by atoms with E-state index in [-0.39, 0.29) is 22.3 Å². The number of carbonyl (C=O) groups excluding carboxylic acids is 2. The van der Waals surface area contributed by atoms with Gasteiger partial charge in [0.25, 0.3) is 0 Å². The van der Waals surface area contributed by atoms with Crippen molar-refractivity contribution < 1.29 is 22.7 Å². The van der Waals surface area contributed by atoms with Crippen LogP contribution in [0.5, 0.6) is 0 Å². The molecule has 1 saturated heterocycles. The van der Waals surface area contributed by atoms with E-state index in [1.807, 2.05) is 24.0 Å². The number of esters is 1. The number of carbonyl (C=O) groups is 2. The number of aromatic nitrogens is 1. The van der Waals surface area contributed by atoms with Crippen molar-refractivity contribution in [3.63, 3.8) is 0 Å². The molecule has 1 aromatic carbocycles. The van der Waals surface area contributed by atoms with Crippen molar-refractivity contribution in [3.05, 3.63) is 47.7 Å². The molecule has 0 aliphatic carbocycles. The zero-order valence-corrected chi connectivity index (χ0v) is 17.6. The number of methoxy groups -OCH3 is 1. The number of sulfonamides is 1. The fourth-order valence-electron chi connectivity index (χ4n) is 3.49. The van der Waals surface area contributed by atoms with Crippen LogP contribution in [0.15, 0.2) is 41.3 Å². The molecule has 1 aromatic heterocycles. The summed E-state index contributed by atoms with van der Waals surface area (Å²) in [5.74, 6) is -0.654. The molecule has 1 fully saturated rings. The molecular formula is C20H24N4O5S. The van der Waals surface area contributed by atoms with E-state index in [1.165, 1.54) is 25.3 Å². The molecule has 1 aliphatic heterocycles. The van der Waals surface area contributed by atoms with E-state index in [0.717, 1.165) is 12.1 Å². The fourth-order valence-corrected chi connectivity index (χ4v) is 4.03. The summed E-state index contributed by atoms with van der Waals surface area (Å²) in [4.78, 5) is 31.0. The Kier molecular flexibility index (Phi) is 6.37. The van der Waals surface area contributed by atoms with Crippen LogP contribution in [0.4, 0.5) is 11.5 Å². The molecule has 1 atom stereocenters. The highest BCUT2D eigenvalue weighted by molar-refractivity contribution is 7.89. The van der Waals surface area contributed by atoms with Gasteiger partial charge in [0.05, 0.1) is 29.2 Å². The van der Waals surface area contributed by atoms with Gasteiger partial charge in [-0.2, -0.15) is 0 Å². The van der Waals surface area contributed by atoms with Crippen LogP contribution in [-0.2, 0) is 19.6 Å². The Morgan fingerprint density at radius 1 is 1.27 bits per heavy atom. The average Bonchev–Trinajstić information content (AvgIpc) is 2.72. The average molecular weight is 433 g/mol. The van der Waals surface area contributed by atoms with Crippen LogP contribution < -0.4 is 15.4 Å². The minimum atomic E-state index is -3.97. The quantitative estimate of drug-likeness (QED) is 0.687. The molecule has 9 nitrogen and oxygen atoms in total. The van der Waals surface area contributed by atoms with Crippen molar-refractivity contribution in [1.82, 2.24) is 4.98 Å². The number of rotatable bonds is 5. The fraction of sp³-hybridized carbons (Fsp3) is 0.350. The Morgan fingerprint density at radius 2 is 2.03 bits per heavy atom. The number of nitrogens with zero attached hydrogens (tertiary/aromatic N) is 2. The number of primary sulfonamides is 1. The molecule has 0 radical (unpaired) electrons. The summed E-state index contributed by atoms with van der Waals surface area (Å²) in [6, 6.07) is 9.47. The van der Waals surface area contributed by atoms with Gasteiger partial charge in [-0.25, -0.2) is 23.3 Å². The molecule has 30 heavy (non-hydrogen) atoms. The van der Waals surface area contributed by atoms with Crippen molar-refractivity contribution in [1.29, 1.82) is 0 Å². The van der Waals surface area contributed by atoms with Gasteiger partial charge in [-0.15, -0.1) is 0 Å². The first-order valence-electron chi connectivity index (χ1n) is 9.43. The van der Waals surface area contributed by atoms with Gasteiger partial charge in [-0.3, -0.25) is 4.79 Å². The summed E-state index contributed by atoms with van der Waals surface area (Å²) in [7, 11) is -2.75. The lowest BCUT2D eigenvalue weighted by molar-refractivity contribution is -0.120. The Balaban J connectivity index is 1.83. The van der Waals surface area contributed by atoms with Crippen LogP contribution in [-0.4, -0.2) is 45.5 Å². The van der Waals surface area contributed by atoms with E-state index >= 15 is 0 Å². The van der Waals surface area contributed by atoms with E-state index in [4.69, 9.17) is 9.88 Å². The molecule has 1 amide bonds. The first kappa shape index (κ1) is 21.7. The summed E-state index contributed by atoms with van der Waals surface area (Å²) in [6.07, 6.45) is 1.42. The molecule has 1 aliphatic rings. The van der Waals surface area contributed by atoms with E-state index in [2.05, 4.69) is 10.3 Å². The smallest absolute Gasteiger partial charge is 0.340 e. The zero-order valence-electron chi connectivity index (χ0n) is 16.8. The van der Waals surface area contributed by atoms with Gasteiger partial charge in [-0.1, -0.05) is 6.07 Å². The van der Waals surface area contributed by atoms with E-state index in [0.29, 0.717) is 31.0 Å². The molecule has 2 heterocycles.